The van der Waals surface area contributed by atoms with Gasteiger partial charge in [0.25, 0.3) is 15.9 Å². The molecule has 2 aromatic carbocycles. The standard InChI is InChI=1S/C34H43ClN4O6S/c1-33(2)31(40)37-46(42,43)25-11-14-30-28(18-25)39(20-34(21-44-30)15-5-7-22-17-24(35)10-13-27(22)34)19-23-9-12-26(23)29(45-32(41)36-3)8-6-16-38(33)4/h6,8,10-11,13-14,17-18,23,26,29H,5,7,9,12,15-16,19-21H2,1-4H3,(H,36,41)(H,37,40)/b8-6-/t23-,26+,29-,34-/m0/s1. The van der Waals surface area contributed by atoms with Gasteiger partial charge in [0.15, 0.2) is 0 Å². The number of sulfonamides is 1. The monoisotopic (exact) mass is 670 g/mol. The quantitative estimate of drug-likeness (QED) is 0.422. The molecule has 2 amide bonds. The molecular formula is C34H43ClN4O6S. The van der Waals surface area contributed by atoms with Gasteiger partial charge in [0.2, 0.25) is 0 Å². The molecule has 2 aliphatic heterocycles. The summed E-state index contributed by atoms with van der Waals surface area (Å²) in [6.07, 6.45) is 7.49. The first kappa shape index (κ1) is 32.7. The molecule has 2 heterocycles. The highest BCUT2D eigenvalue weighted by Crippen LogP contribution is 2.47. The number of aryl methyl sites for hydroxylation is 1. The minimum Gasteiger partial charge on any atom is -0.490 e. The van der Waals surface area contributed by atoms with E-state index in [0.29, 0.717) is 42.7 Å². The van der Waals surface area contributed by atoms with Gasteiger partial charge in [-0.05, 0) is 106 Å². The Balaban J connectivity index is 1.45. The molecule has 0 aromatic heterocycles. The van der Waals surface area contributed by atoms with Crippen molar-refractivity contribution in [2.75, 3.05) is 45.2 Å². The lowest BCUT2D eigenvalue weighted by molar-refractivity contribution is -0.128. The summed E-state index contributed by atoms with van der Waals surface area (Å²) in [4.78, 5) is 29.9. The molecule has 2 aliphatic carbocycles. The van der Waals surface area contributed by atoms with Crippen molar-refractivity contribution in [3.05, 3.63) is 64.7 Å². The van der Waals surface area contributed by atoms with Gasteiger partial charge in [-0.1, -0.05) is 23.7 Å². The number of benzene rings is 2. The summed E-state index contributed by atoms with van der Waals surface area (Å²) >= 11 is 6.41. The summed E-state index contributed by atoms with van der Waals surface area (Å²) in [6, 6.07) is 10.9. The van der Waals surface area contributed by atoms with Gasteiger partial charge >= 0.3 is 6.09 Å². The molecule has 0 saturated heterocycles. The number of alkyl carbamates (subject to hydrolysis) is 1. The Morgan fingerprint density at radius 1 is 1.17 bits per heavy atom. The van der Waals surface area contributed by atoms with E-state index in [1.807, 2.05) is 24.3 Å². The lowest BCUT2D eigenvalue weighted by Gasteiger charge is -2.46. The molecule has 1 saturated carbocycles. The highest BCUT2D eigenvalue weighted by molar-refractivity contribution is 7.90. The van der Waals surface area contributed by atoms with Crippen LogP contribution in [-0.2, 0) is 31.4 Å². The van der Waals surface area contributed by atoms with Crippen molar-refractivity contribution in [3.8, 4) is 5.75 Å². The summed E-state index contributed by atoms with van der Waals surface area (Å²) in [5.74, 6) is 0.194. The molecule has 0 radical (unpaired) electrons. The van der Waals surface area contributed by atoms with Crippen molar-refractivity contribution < 1.29 is 27.5 Å². The van der Waals surface area contributed by atoms with E-state index in [4.69, 9.17) is 21.1 Å². The molecule has 248 valence electrons. The van der Waals surface area contributed by atoms with Crippen molar-refractivity contribution in [1.29, 1.82) is 0 Å². The molecule has 2 bridgehead atoms. The third kappa shape index (κ3) is 6.09. The molecule has 4 aliphatic rings. The van der Waals surface area contributed by atoms with E-state index < -0.39 is 33.7 Å². The summed E-state index contributed by atoms with van der Waals surface area (Å²) < 4.78 is 42.1. The predicted molar refractivity (Wildman–Crippen MR) is 177 cm³/mol. The maximum atomic E-state index is 13.7. The zero-order chi connectivity index (χ0) is 32.9. The zero-order valence-electron chi connectivity index (χ0n) is 26.8. The van der Waals surface area contributed by atoms with Crippen molar-refractivity contribution in [3.63, 3.8) is 0 Å². The first-order chi connectivity index (χ1) is 21.8. The van der Waals surface area contributed by atoms with Gasteiger partial charge < -0.3 is 19.7 Å². The van der Waals surface area contributed by atoms with Gasteiger partial charge in [0.1, 0.15) is 11.9 Å². The second kappa shape index (κ2) is 12.4. The third-order valence-electron chi connectivity index (χ3n) is 10.6. The van der Waals surface area contributed by atoms with Crippen molar-refractivity contribution in [2.24, 2.45) is 11.8 Å². The Morgan fingerprint density at radius 2 is 1.98 bits per heavy atom. The van der Waals surface area contributed by atoms with Crippen molar-refractivity contribution in [1.82, 2.24) is 14.9 Å². The van der Waals surface area contributed by atoms with Crippen LogP contribution in [0.5, 0.6) is 5.75 Å². The second-order valence-electron chi connectivity index (χ2n) is 13.7. The van der Waals surface area contributed by atoms with Gasteiger partial charge in [-0.15, -0.1) is 0 Å². The number of likely N-dealkylation sites (N-methyl/N-ethyl adjacent to an activating group) is 1. The number of halogens is 1. The van der Waals surface area contributed by atoms with E-state index in [-0.39, 0.29) is 22.1 Å². The van der Waals surface area contributed by atoms with Gasteiger partial charge in [-0.25, -0.2) is 17.9 Å². The Morgan fingerprint density at radius 3 is 2.72 bits per heavy atom. The van der Waals surface area contributed by atoms with E-state index in [1.165, 1.54) is 17.2 Å². The molecule has 2 N–H and O–H groups in total. The molecular weight excluding hydrogens is 628 g/mol. The minimum atomic E-state index is -4.19. The van der Waals surface area contributed by atoms with Crippen LogP contribution in [0.2, 0.25) is 5.02 Å². The molecule has 10 nitrogen and oxygen atoms in total. The number of anilines is 1. The van der Waals surface area contributed by atoms with E-state index >= 15 is 0 Å². The highest BCUT2D eigenvalue weighted by atomic mass is 35.5. The van der Waals surface area contributed by atoms with Crippen LogP contribution in [0.15, 0.2) is 53.4 Å². The molecule has 12 heteroatoms. The Labute approximate surface area is 276 Å². The number of carbonyl (C=O) groups is 2. The van der Waals surface area contributed by atoms with Crippen molar-refractivity contribution >= 4 is 39.3 Å². The number of nitrogens with zero attached hydrogens (tertiary/aromatic N) is 2. The molecule has 6 rings (SSSR count). The third-order valence-corrected chi connectivity index (χ3v) is 12.1. The number of hydrogen-bond acceptors (Lipinski definition) is 8. The topological polar surface area (TPSA) is 117 Å². The molecule has 1 spiro atoms. The Bertz CT molecular complexity index is 1660. The van der Waals surface area contributed by atoms with E-state index in [9.17, 15) is 18.0 Å². The first-order valence-corrected chi connectivity index (χ1v) is 17.8. The van der Waals surface area contributed by atoms with Crippen LogP contribution in [0, 0.1) is 11.8 Å². The fourth-order valence-corrected chi connectivity index (χ4v) is 8.63. The summed E-state index contributed by atoms with van der Waals surface area (Å²) in [6.45, 7) is 5.37. The van der Waals surface area contributed by atoms with Crippen LogP contribution in [-0.4, -0.2) is 77.3 Å². The van der Waals surface area contributed by atoms with Gasteiger partial charge in [0.05, 0.1) is 22.7 Å². The SMILES string of the molecule is CNC(=O)O[C@H]1/C=C\CN(C)C(C)(C)C(=O)NS(=O)(=O)c2ccc3c(c2)N(C[C@@H]2CC[C@H]21)C[C@@]1(CCCc2cc(Cl)ccc21)CO3. The van der Waals surface area contributed by atoms with Crippen LogP contribution in [0.3, 0.4) is 0 Å². The minimum absolute atomic E-state index is 0.00333. The number of rotatable bonds is 1. The van der Waals surface area contributed by atoms with Crippen LogP contribution in [0.4, 0.5) is 10.5 Å². The second-order valence-corrected chi connectivity index (χ2v) is 15.8. The van der Waals surface area contributed by atoms with Crippen LogP contribution in [0.1, 0.15) is 50.7 Å². The average molecular weight is 671 g/mol. The summed E-state index contributed by atoms with van der Waals surface area (Å²) in [5, 5.41) is 3.28. The van der Waals surface area contributed by atoms with Crippen LogP contribution >= 0.6 is 11.6 Å². The van der Waals surface area contributed by atoms with E-state index in [1.54, 1.807) is 45.0 Å². The van der Waals surface area contributed by atoms with Crippen LogP contribution < -0.4 is 19.7 Å². The summed E-state index contributed by atoms with van der Waals surface area (Å²) in [5.41, 5.74) is 1.60. The number of nitrogens with one attached hydrogen (secondary N) is 2. The molecule has 4 atom stereocenters. The van der Waals surface area contributed by atoms with Gasteiger partial charge in [0, 0.05) is 43.0 Å². The van der Waals surface area contributed by atoms with E-state index in [2.05, 4.69) is 21.0 Å². The molecule has 1 fully saturated rings. The number of ether oxygens (including phenoxy) is 2. The molecule has 2 aromatic rings. The number of carbonyl (C=O) groups excluding carboxylic acids is 2. The number of amides is 2. The normalized spacial score (nSPS) is 29.5. The smallest absolute Gasteiger partial charge is 0.407 e. The highest BCUT2D eigenvalue weighted by Gasteiger charge is 2.45. The average Bonchev–Trinajstić information content (AvgIpc) is 3.15. The number of fused-ring (bicyclic) bond motifs is 4. The maximum absolute atomic E-state index is 13.7. The summed E-state index contributed by atoms with van der Waals surface area (Å²) in [7, 11) is -0.894. The molecule has 46 heavy (non-hydrogen) atoms. The lowest BCUT2D eigenvalue weighted by Crippen LogP contribution is -2.54. The first-order valence-electron chi connectivity index (χ1n) is 16.0. The van der Waals surface area contributed by atoms with Crippen molar-refractivity contribution in [2.45, 2.75) is 67.9 Å². The lowest BCUT2D eigenvalue weighted by atomic mass is 9.68. The predicted octanol–water partition coefficient (Wildman–Crippen LogP) is 4.65. The maximum Gasteiger partial charge on any atom is 0.407 e. The fourth-order valence-electron chi connectivity index (χ4n) is 7.31. The Hall–Kier alpha value is -3.28. The van der Waals surface area contributed by atoms with Gasteiger partial charge in [-0.3, -0.25) is 9.69 Å². The van der Waals surface area contributed by atoms with Gasteiger partial charge in [-0.2, -0.15) is 0 Å². The van der Waals surface area contributed by atoms with Crippen LogP contribution in [0.25, 0.3) is 0 Å². The fraction of sp³-hybridized carbons (Fsp3) is 0.529. The van der Waals surface area contributed by atoms with E-state index in [0.717, 1.165) is 32.1 Å². The zero-order valence-corrected chi connectivity index (χ0v) is 28.4. The molecule has 0 unspecified atom stereocenters. The Kier molecular flexibility index (Phi) is 8.80. The largest absolute Gasteiger partial charge is 0.490 e. The number of hydrogen-bond donors (Lipinski definition) is 2.